The highest BCUT2D eigenvalue weighted by Gasteiger charge is 2.06. The van der Waals surface area contributed by atoms with Crippen LogP contribution in [0.25, 0.3) is 0 Å². The predicted molar refractivity (Wildman–Crippen MR) is 55.5 cm³/mol. The van der Waals surface area contributed by atoms with E-state index in [9.17, 15) is 4.79 Å². The molecule has 0 radical (unpaired) electrons. The van der Waals surface area contributed by atoms with Crippen molar-refractivity contribution in [2.45, 2.75) is 13.5 Å². The zero-order valence-electron chi connectivity index (χ0n) is 8.04. The van der Waals surface area contributed by atoms with Crippen LogP contribution in [0.4, 0.5) is 5.13 Å². The van der Waals surface area contributed by atoms with Crippen LogP contribution in [0, 0.1) is 6.92 Å². The number of rotatable bonds is 3. The SMILES string of the molecule is Cc1cnc(NC(=O)Cn2cncn2)s1. The van der Waals surface area contributed by atoms with Crippen molar-refractivity contribution in [2.24, 2.45) is 0 Å². The first-order valence-corrected chi connectivity index (χ1v) is 5.10. The highest BCUT2D eigenvalue weighted by Crippen LogP contribution is 2.16. The van der Waals surface area contributed by atoms with Crippen molar-refractivity contribution in [1.82, 2.24) is 19.7 Å². The molecule has 0 saturated heterocycles. The molecule has 0 unspecified atom stereocenters. The Morgan fingerprint density at radius 3 is 3.13 bits per heavy atom. The number of thiazole rings is 1. The summed E-state index contributed by atoms with van der Waals surface area (Å²) in [5.74, 6) is -0.158. The highest BCUT2D eigenvalue weighted by atomic mass is 32.1. The Kier molecular flexibility index (Phi) is 2.72. The molecule has 2 rings (SSSR count). The molecule has 0 aromatic carbocycles. The minimum Gasteiger partial charge on any atom is -0.300 e. The Balaban J connectivity index is 1.93. The summed E-state index contributed by atoms with van der Waals surface area (Å²) < 4.78 is 1.45. The largest absolute Gasteiger partial charge is 0.300 e. The molecular weight excluding hydrogens is 214 g/mol. The first kappa shape index (κ1) is 9.78. The number of nitrogens with zero attached hydrogens (tertiary/aromatic N) is 4. The third-order valence-corrected chi connectivity index (χ3v) is 2.47. The summed E-state index contributed by atoms with van der Waals surface area (Å²) in [6.07, 6.45) is 4.60. The minimum absolute atomic E-state index is 0.151. The predicted octanol–water partition coefficient (Wildman–Crippen LogP) is 0.682. The van der Waals surface area contributed by atoms with Gasteiger partial charge >= 0.3 is 0 Å². The van der Waals surface area contributed by atoms with Crippen LogP contribution in [-0.4, -0.2) is 25.7 Å². The zero-order valence-corrected chi connectivity index (χ0v) is 8.86. The molecule has 15 heavy (non-hydrogen) atoms. The number of nitrogens with one attached hydrogen (secondary N) is 1. The summed E-state index contributed by atoms with van der Waals surface area (Å²) in [6, 6.07) is 0. The lowest BCUT2D eigenvalue weighted by atomic mass is 10.6. The van der Waals surface area contributed by atoms with Crippen LogP contribution in [0.2, 0.25) is 0 Å². The van der Waals surface area contributed by atoms with Crippen molar-refractivity contribution in [2.75, 3.05) is 5.32 Å². The maximum absolute atomic E-state index is 11.5. The second kappa shape index (κ2) is 4.18. The van der Waals surface area contributed by atoms with Gasteiger partial charge in [-0.15, -0.1) is 11.3 Å². The van der Waals surface area contributed by atoms with E-state index in [1.54, 1.807) is 6.20 Å². The topological polar surface area (TPSA) is 72.7 Å². The van der Waals surface area contributed by atoms with E-state index in [1.807, 2.05) is 6.92 Å². The molecule has 0 atom stereocenters. The summed E-state index contributed by atoms with van der Waals surface area (Å²) >= 11 is 1.44. The third-order valence-electron chi connectivity index (χ3n) is 1.64. The van der Waals surface area contributed by atoms with Gasteiger partial charge in [-0.05, 0) is 6.92 Å². The molecule has 0 aliphatic rings. The van der Waals surface area contributed by atoms with Gasteiger partial charge in [0.25, 0.3) is 0 Å². The van der Waals surface area contributed by atoms with E-state index in [0.717, 1.165) is 4.88 Å². The average molecular weight is 223 g/mol. The molecule has 0 aliphatic heterocycles. The van der Waals surface area contributed by atoms with Gasteiger partial charge in [-0.2, -0.15) is 5.10 Å². The lowest BCUT2D eigenvalue weighted by Gasteiger charge is -2.00. The molecule has 2 heterocycles. The highest BCUT2D eigenvalue weighted by molar-refractivity contribution is 7.15. The molecule has 0 saturated carbocycles. The maximum atomic E-state index is 11.5. The van der Waals surface area contributed by atoms with E-state index in [0.29, 0.717) is 5.13 Å². The average Bonchev–Trinajstić information content (AvgIpc) is 2.77. The lowest BCUT2D eigenvalue weighted by molar-refractivity contribution is -0.116. The van der Waals surface area contributed by atoms with Crippen molar-refractivity contribution in [3.63, 3.8) is 0 Å². The first-order chi connectivity index (χ1) is 7.24. The number of anilines is 1. The number of amides is 1. The van der Waals surface area contributed by atoms with Crippen molar-refractivity contribution < 1.29 is 4.79 Å². The van der Waals surface area contributed by atoms with E-state index in [1.165, 1.54) is 28.7 Å². The molecule has 78 valence electrons. The third kappa shape index (κ3) is 2.59. The number of hydrogen-bond acceptors (Lipinski definition) is 5. The summed E-state index contributed by atoms with van der Waals surface area (Å²) in [6.45, 7) is 2.09. The molecule has 2 aromatic heterocycles. The number of carbonyl (C=O) groups is 1. The standard InChI is InChI=1S/C8H9N5OS/c1-6-2-10-8(15-6)12-7(14)3-13-5-9-4-11-13/h2,4-5H,3H2,1H3,(H,10,12,14). The van der Waals surface area contributed by atoms with Gasteiger partial charge in [-0.3, -0.25) is 4.79 Å². The van der Waals surface area contributed by atoms with Crippen LogP contribution in [-0.2, 0) is 11.3 Å². The Morgan fingerprint density at radius 2 is 2.53 bits per heavy atom. The van der Waals surface area contributed by atoms with Crippen molar-refractivity contribution in [3.05, 3.63) is 23.7 Å². The van der Waals surface area contributed by atoms with Crippen molar-refractivity contribution in [3.8, 4) is 0 Å². The summed E-state index contributed by atoms with van der Waals surface area (Å²) in [4.78, 5) is 20.3. The molecule has 1 N–H and O–H groups in total. The van der Waals surface area contributed by atoms with Gasteiger partial charge in [0, 0.05) is 11.1 Å². The molecule has 6 nitrogen and oxygen atoms in total. The van der Waals surface area contributed by atoms with E-state index >= 15 is 0 Å². The molecule has 1 amide bonds. The van der Waals surface area contributed by atoms with E-state index in [2.05, 4.69) is 20.4 Å². The second-order valence-corrected chi connectivity index (χ2v) is 4.15. The molecule has 0 spiro atoms. The van der Waals surface area contributed by atoms with Crippen LogP contribution in [0.15, 0.2) is 18.9 Å². The summed E-state index contributed by atoms with van der Waals surface area (Å²) in [5.41, 5.74) is 0. The Morgan fingerprint density at radius 1 is 1.67 bits per heavy atom. The Bertz CT molecular complexity index is 449. The normalized spacial score (nSPS) is 10.2. The van der Waals surface area contributed by atoms with E-state index < -0.39 is 0 Å². The van der Waals surface area contributed by atoms with Gasteiger partial charge < -0.3 is 5.32 Å². The van der Waals surface area contributed by atoms with Crippen LogP contribution >= 0.6 is 11.3 Å². The molecule has 7 heteroatoms. The first-order valence-electron chi connectivity index (χ1n) is 4.29. The number of aromatic nitrogens is 4. The Labute approximate surface area is 90.0 Å². The molecule has 2 aromatic rings. The smallest absolute Gasteiger partial charge is 0.247 e. The summed E-state index contributed by atoms with van der Waals surface area (Å²) in [7, 11) is 0. The monoisotopic (exact) mass is 223 g/mol. The van der Waals surface area contributed by atoms with Gasteiger partial charge in [0.2, 0.25) is 5.91 Å². The quantitative estimate of drug-likeness (QED) is 0.830. The Hall–Kier alpha value is -1.76. The van der Waals surface area contributed by atoms with E-state index in [4.69, 9.17) is 0 Å². The van der Waals surface area contributed by atoms with E-state index in [-0.39, 0.29) is 12.5 Å². The number of carbonyl (C=O) groups excluding carboxylic acids is 1. The number of hydrogen-bond donors (Lipinski definition) is 1. The van der Waals surface area contributed by atoms with Crippen LogP contribution < -0.4 is 5.32 Å². The van der Waals surface area contributed by atoms with Gasteiger partial charge in [-0.1, -0.05) is 0 Å². The van der Waals surface area contributed by atoms with Gasteiger partial charge in [-0.25, -0.2) is 14.6 Å². The molecule has 0 bridgehead atoms. The number of aryl methyl sites for hydroxylation is 1. The minimum atomic E-state index is -0.158. The lowest BCUT2D eigenvalue weighted by Crippen LogP contribution is -2.18. The van der Waals surface area contributed by atoms with Crippen molar-refractivity contribution in [1.29, 1.82) is 0 Å². The fraction of sp³-hybridized carbons (Fsp3) is 0.250. The van der Waals surface area contributed by atoms with Crippen LogP contribution in [0.5, 0.6) is 0 Å². The van der Waals surface area contributed by atoms with Gasteiger partial charge in [0.15, 0.2) is 5.13 Å². The zero-order chi connectivity index (χ0) is 10.7. The van der Waals surface area contributed by atoms with Crippen molar-refractivity contribution >= 4 is 22.4 Å². The summed E-state index contributed by atoms with van der Waals surface area (Å²) in [5, 5.41) is 7.12. The van der Waals surface area contributed by atoms with Gasteiger partial charge in [0.05, 0.1) is 0 Å². The fourth-order valence-electron chi connectivity index (χ4n) is 1.03. The fourth-order valence-corrected chi connectivity index (χ4v) is 1.71. The van der Waals surface area contributed by atoms with Crippen LogP contribution in [0.3, 0.4) is 0 Å². The molecule has 0 aliphatic carbocycles. The molecular formula is C8H9N5OS. The molecule has 0 fully saturated rings. The van der Waals surface area contributed by atoms with Gasteiger partial charge in [0.1, 0.15) is 19.2 Å². The second-order valence-electron chi connectivity index (χ2n) is 2.92. The maximum Gasteiger partial charge on any atom is 0.247 e. The van der Waals surface area contributed by atoms with Crippen LogP contribution in [0.1, 0.15) is 4.88 Å².